The molecule has 0 fully saturated rings. The van der Waals surface area contributed by atoms with Gasteiger partial charge in [0.25, 0.3) is 0 Å². The van der Waals surface area contributed by atoms with Gasteiger partial charge >= 0.3 is 0 Å². The largest absolute Gasteiger partial charge is 0.497 e. The fourth-order valence-corrected chi connectivity index (χ4v) is 3.10. The van der Waals surface area contributed by atoms with Gasteiger partial charge in [0.2, 0.25) is 0 Å². The van der Waals surface area contributed by atoms with Gasteiger partial charge in [-0.15, -0.1) is 17.0 Å². The van der Waals surface area contributed by atoms with Gasteiger partial charge in [0.15, 0.2) is 5.78 Å². The molecule has 5 heteroatoms. The number of aliphatic imine (C=N–C) groups is 1. The Hall–Kier alpha value is -2.14. The van der Waals surface area contributed by atoms with Crippen molar-refractivity contribution in [2.24, 2.45) is 4.99 Å². The minimum absolute atomic E-state index is 0. The van der Waals surface area contributed by atoms with Crippen molar-refractivity contribution in [2.45, 2.75) is 26.2 Å². The van der Waals surface area contributed by atoms with E-state index in [2.05, 4.69) is 24.0 Å². The number of amidine groups is 1. The van der Waals surface area contributed by atoms with Crippen molar-refractivity contribution in [1.82, 2.24) is 0 Å². The number of carbonyl (C=O) groups is 1. The van der Waals surface area contributed by atoms with Crippen LogP contribution < -0.4 is 9.64 Å². The van der Waals surface area contributed by atoms with E-state index in [1.165, 1.54) is 0 Å². The number of aryl methyl sites for hydroxylation is 1. The molecule has 0 amide bonds. The van der Waals surface area contributed by atoms with E-state index in [0.717, 1.165) is 48.6 Å². The number of anilines is 1. The summed E-state index contributed by atoms with van der Waals surface area (Å²) in [5.41, 5.74) is 2.90. The molecule has 0 radical (unpaired) electrons. The van der Waals surface area contributed by atoms with Crippen molar-refractivity contribution in [3.63, 3.8) is 0 Å². The maximum absolute atomic E-state index is 12.8. The zero-order valence-corrected chi connectivity index (χ0v) is 17.0. The molecule has 1 heterocycles. The highest BCUT2D eigenvalue weighted by atomic mass is 79.9. The Kier molecular flexibility index (Phi) is 7.39. The second-order valence-corrected chi connectivity index (χ2v) is 6.28. The van der Waals surface area contributed by atoms with E-state index >= 15 is 0 Å². The molecule has 3 rings (SSSR count). The van der Waals surface area contributed by atoms with Gasteiger partial charge in [-0.3, -0.25) is 9.79 Å². The van der Waals surface area contributed by atoms with Crippen LogP contribution in [0.1, 0.15) is 35.2 Å². The monoisotopic (exact) mass is 416 g/mol. The molecular weight excluding hydrogens is 392 g/mol. The quantitative estimate of drug-likeness (QED) is 0.653. The lowest BCUT2D eigenvalue weighted by atomic mass is 10.1. The van der Waals surface area contributed by atoms with Crippen LogP contribution >= 0.6 is 17.0 Å². The molecule has 0 spiro atoms. The molecule has 1 aliphatic heterocycles. The van der Waals surface area contributed by atoms with Crippen LogP contribution in [0, 0.1) is 6.92 Å². The molecule has 0 unspecified atom stereocenters. The fraction of sp³-hybridized carbons (Fsp3) is 0.333. The van der Waals surface area contributed by atoms with E-state index in [4.69, 9.17) is 9.73 Å². The average Bonchev–Trinajstić information content (AvgIpc) is 2.67. The Labute approximate surface area is 165 Å². The third-order valence-electron chi connectivity index (χ3n) is 4.53. The number of nitrogens with zero attached hydrogens (tertiary/aromatic N) is 2. The van der Waals surface area contributed by atoms with E-state index in [-0.39, 0.29) is 22.8 Å². The molecule has 0 N–H and O–H groups in total. The van der Waals surface area contributed by atoms with Crippen molar-refractivity contribution < 1.29 is 9.53 Å². The summed E-state index contributed by atoms with van der Waals surface area (Å²) in [5.74, 6) is 1.85. The van der Waals surface area contributed by atoms with Gasteiger partial charge in [-0.1, -0.05) is 18.2 Å². The highest BCUT2D eigenvalue weighted by Crippen LogP contribution is 2.24. The molecule has 0 saturated heterocycles. The maximum Gasteiger partial charge on any atom is 0.182 e. The van der Waals surface area contributed by atoms with Gasteiger partial charge in [0, 0.05) is 24.2 Å². The molecule has 0 saturated carbocycles. The molecular formula is C21H25BrN2O2. The average molecular weight is 417 g/mol. The lowest BCUT2D eigenvalue weighted by Gasteiger charge is -2.29. The molecule has 1 aliphatic rings. The first-order valence-corrected chi connectivity index (χ1v) is 8.73. The number of hydrogen-bond acceptors (Lipinski definition) is 4. The Bertz CT molecular complexity index is 772. The van der Waals surface area contributed by atoms with E-state index in [1.807, 2.05) is 36.4 Å². The number of rotatable bonds is 5. The van der Waals surface area contributed by atoms with Crippen LogP contribution in [-0.4, -0.2) is 31.8 Å². The van der Waals surface area contributed by atoms with Crippen LogP contribution in [0.5, 0.6) is 5.75 Å². The van der Waals surface area contributed by atoms with E-state index in [9.17, 15) is 4.79 Å². The molecule has 2 aromatic rings. The highest BCUT2D eigenvalue weighted by molar-refractivity contribution is 8.93. The van der Waals surface area contributed by atoms with E-state index in [1.54, 1.807) is 7.11 Å². The number of carbonyl (C=O) groups excluding carboxylic acids is 1. The number of ketones is 1. The summed E-state index contributed by atoms with van der Waals surface area (Å²) < 4.78 is 5.17. The highest BCUT2D eigenvalue weighted by Gasteiger charge is 2.21. The molecule has 2 aromatic carbocycles. The predicted molar refractivity (Wildman–Crippen MR) is 112 cm³/mol. The number of Topliss-reactive ketones (excluding diaryl/α,β-unsaturated/α-hetero) is 1. The summed E-state index contributed by atoms with van der Waals surface area (Å²) in [7, 11) is 1.62. The zero-order chi connectivity index (χ0) is 17.6. The van der Waals surface area contributed by atoms with E-state index < -0.39 is 0 Å². The summed E-state index contributed by atoms with van der Waals surface area (Å²) in [4.78, 5) is 19.6. The summed E-state index contributed by atoms with van der Waals surface area (Å²) in [5, 5.41) is 0. The number of halogens is 1. The molecule has 26 heavy (non-hydrogen) atoms. The van der Waals surface area contributed by atoms with Gasteiger partial charge in [0.1, 0.15) is 11.6 Å². The van der Waals surface area contributed by atoms with Gasteiger partial charge in [-0.2, -0.15) is 0 Å². The van der Waals surface area contributed by atoms with Crippen LogP contribution in [-0.2, 0) is 0 Å². The van der Waals surface area contributed by atoms with Gasteiger partial charge in [-0.05, 0) is 55.7 Å². The Morgan fingerprint density at radius 2 is 1.85 bits per heavy atom. The van der Waals surface area contributed by atoms with Gasteiger partial charge in [0.05, 0.1) is 13.7 Å². The third-order valence-corrected chi connectivity index (χ3v) is 4.53. The molecule has 0 aliphatic carbocycles. The van der Waals surface area contributed by atoms with Gasteiger partial charge in [-0.25, -0.2) is 0 Å². The minimum Gasteiger partial charge on any atom is -0.497 e. The molecule has 0 aromatic heterocycles. The van der Waals surface area contributed by atoms with Crippen LogP contribution in [0.25, 0.3) is 0 Å². The smallest absolute Gasteiger partial charge is 0.182 e. The summed E-state index contributed by atoms with van der Waals surface area (Å²) in [6, 6.07) is 15.4. The van der Waals surface area contributed by atoms with Crippen LogP contribution in [0.3, 0.4) is 0 Å². The first-order valence-electron chi connectivity index (χ1n) is 8.73. The first-order chi connectivity index (χ1) is 12.2. The second-order valence-electron chi connectivity index (χ2n) is 6.28. The summed E-state index contributed by atoms with van der Waals surface area (Å²) in [6.45, 7) is 3.22. The number of methoxy groups -OCH3 is 1. The Balaban J connectivity index is 0.00000243. The minimum atomic E-state index is 0. The topological polar surface area (TPSA) is 41.9 Å². The molecule has 0 atom stereocenters. The van der Waals surface area contributed by atoms with Crippen LogP contribution in [0.2, 0.25) is 0 Å². The second kappa shape index (κ2) is 9.53. The number of benzene rings is 2. The first kappa shape index (κ1) is 20.2. The van der Waals surface area contributed by atoms with E-state index in [0.29, 0.717) is 12.1 Å². The number of para-hydroxylation sites is 1. The maximum atomic E-state index is 12.8. The zero-order valence-electron chi connectivity index (χ0n) is 15.3. The van der Waals surface area contributed by atoms with Crippen molar-refractivity contribution >= 4 is 34.3 Å². The molecule has 0 bridgehead atoms. The number of hydrogen-bond donors (Lipinski definition) is 0. The lowest BCUT2D eigenvalue weighted by molar-refractivity contribution is 0.100. The van der Waals surface area contributed by atoms with Crippen molar-refractivity contribution in [3.8, 4) is 5.75 Å². The Morgan fingerprint density at radius 3 is 2.46 bits per heavy atom. The fourth-order valence-electron chi connectivity index (χ4n) is 3.10. The molecule has 4 nitrogen and oxygen atoms in total. The Morgan fingerprint density at radius 1 is 1.12 bits per heavy atom. The predicted octanol–water partition coefficient (Wildman–Crippen LogP) is 4.85. The van der Waals surface area contributed by atoms with Crippen molar-refractivity contribution in [2.75, 3.05) is 25.1 Å². The van der Waals surface area contributed by atoms with Crippen molar-refractivity contribution in [3.05, 3.63) is 59.7 Å². The normalized spacial score (nSPS) is 13.4. The summed E-state index contributed by atoms with van der Waals surface area (Å²) in [6.07, 6.45) is 3.17. The van der Waals surface area contributed by atoms with Crippen LogP contribution in [0.4, 0.5) is 5.69 Å². The standard InChI is InChI=1S/C21H24N2O2.BrH/c1-16-7-3-4-8-19(16)23(21-9-5-6-14-22-21)15-20(24)17-10-12-18(25-2)13-11-17;/h3-4,7-8,10-13H,5-6,9,14-15H2,1-2H3;1H. The summed E-state index contributed by atoms with van der Waals surface area (Å²) >= 11 is 0. The number of ether oxygens (including phenoxy) is 1. The lowest BCUT2D eigenvalue weighted by Crippen LogP contribution is -2.37. The SMILES string of the molecule is Br.COc1ccc(C(=O)CN(C2=NCCCC2)c2ccccc2C)cc1. The third kappa shape index (κ3) is 4.73. The van der Waals surface area contributed by atoms with Crippen LogP contribution in [0.15, 0.2) is 53.5 Å². The van der Waals surface area contributed by atoms with Gasteiger partial charge < -0.3 is 9.64 Å². The van der Waals surface area contributed by atoms with Crippen molar-refractivity contribution in [1.29, 1.82) is 0 Å². The molecule has 138 valence electrons.